The SMILES string of the molecule is COC(=O)Cc1cccc(Cn2ncc3ccc(-c4cn[nH]c4)cc3c2=O)c1. The number of benzene rings is 2. The third-order valence-electron chi connectivity index (χ3n) is 4.59. The van der Waals surface area contributed by atoms with Crippen molar-refractivity contribution >= 4 is 16.7 Å². The molecule has 2 aromatic heterocycles. The molecule has 7 heteroatoms. The Kier molecular flexibility index (Phi) is 4.72. The molecule has 0 fully saturated rings. The van der Waals surface area contributed by atoms with E-state index < -0.39 is 0 Å². The maximum absolute atomic E-state index is 13.0. The van der Waals surface area contributed by atoms with E-state index in [-0.39, 0.29) is 17.9 Å². The van der Waals surface area contributed by atoms with E-state index in [0.29, 0.717) is 11.9 Å². The van der Waals surface area contributed by atoms with Crippen molar-refractivity contribution in [2.45, 2.75) is 13.0 Å². The minimum Gasteiger partial charge on any atom is -0.469 e. The molecule has 0 atom stereocenters. The van der Waals surface area contributed by atoms with Crippen LogP contribution in [0.4, 0.5) is 0 Å². The van der Waals surface area contributed by atoms with Gasteiger partial charge in [0.25, 0.3) is 5.56 Å². The predicted molar refractivity (Wildman–Crippen MR) is 105 cm³/mol. The molecule has 0 aliphatic carbocycles. The van der Waals surface area contributed by atoms with E-state index in [1.165, 1.54) is 11.8 Å². The van der Waals surface area contributed by atoms with Gasteiger partial charge in [0.1, 0.15) is 0 Å². The molecule has 140 valence electrons. The van der Waals surface area contributed by atoms with Crippen molar-refractivity contribution in [3.8, 4) is 11.1 Å². The molecule has 2 heterocycles. The summed E-state index contributed by atoms with van der Waals surface area (Å²) in [6.45, 7) is 0.319. The monoisotopic (exact) mass is 374 g/mol. The zero-order chi connectivity index (χ0) is 19.5. The van der Waals surface area contributed by atoms with E-state index in [0.717, 1.165) is 27.6 Å². The van der Waals surface area contributed by atoms with Crippen LogP contribution in [-0.4, -0.2) is 33.1 Å². The van der Waals surface area contributed by atoms with Gasteiger partial charge in [-0.1, -0.05) is 36.4 Å². The van der Waals surface area contributed by atoms with Crippen LogP contribution in [0.3, 0.4) is 0 Å². The van der Waals surface area contributed by atoms with Crippen LogP contribution in [-0.2, 0) is 22.5 Å². The van der Waals surface area contributed by atoms with Gasteiger partial charge in [0.05, 0.1) is 37.9 Å². The highest BCUT2D eigenvalue weighted by Crippen LogP contribution is 2.21. The van der Waals surface area contributed by atoms with Crippen LogP contribution in [0.25, 0.3) is 21.9 Å². The molecule has 28 heavy (non-hydrogen) atoms. The van der Waals surface area contributed by atoms with Crippen molar-refractivity contribution in [2.75, 3.05) is 7.11 Å². The molecular weight excluding hydrogens is 356 g/mol. The lowest BCUT2D eigenvalue weighted by molar-refractivity contribution is -0.139. The van der Waals surface area contributed by atoms with Gasteiger partial charge in [-0.15, -0.1) is 0 Å². The molecular formula is C21H18N4O3. The number of methoxy groups -OCH3 is 1. The van der Waals surface area contributed by atoms with Gasteiger partial charge in [0.15, 0.2) is 0 Å². The van der Waals surface area contributed by atoms with Crippen LogP contribution in [0, 0.1) is 0 Å². The molecule has 0 aliphatic rings. The molecule has 0 spiro atoms. The third kappa shape index (κ3) is 3.55. The van der Waals surface area contributed by atoms with Gasteiger partial charge in [-0.05, 0) is 22.8 Å². The number of aromatic amines is 1. The van der Waals surface area contributed by atoms with E-state index >= 15 is 0 Å². The van der Waals surface area contributed by atoms with Crippen LogP contribution in [0.5, 0.6) is 0 Å². The summed E-state index contributed by atoms with van der Waals surface area (Å²) in [5, 5.41) is 12.4. The van der Waals surface area contributed by atoms with Gasteiger partial charge in [0, 0.05) is 17.1 Å². The molecule has 0 amide bonds. The number of fused-ring (bicyclic) bond motifs is 1. The molecule has 4 aromatic rings. The summed E-state index contributed by atoms with van der Waals surface area (Å²) in [6, 6.07) is 13.2. The predicted octanol–water partition coefficient (Wildman–Crippen LogP) is 2.55. The highest BCUT2D eigenvalue weighted by atomic mass is 16.5. The fraction of sp³-hybridized carbons (Fsp3) is 0.143. The van der Waals surface area contributed by atoms with Crippen molar-refractivity contribution < 1.29 is 9.53 Å². The normalized spacial score (nSPS) is 10.9. The fourth-order valence-electron chi connectivity index (χ4n) is 3.13. The summed E-state index contributed by atoms with van der Waals surface area (Å²) in [5.41, 5.74) is 3.39. The third-order valence-corrected chi connectivity index (χ3v) is 4.59. The number of H-pyrrole nitrogens is 1. The van der Waals surface area contributed by atoms with Crippen LogP contribution in [0.15, 0.2) is 65.8 Å². The Morgan fingerprint density at radius 3 is 2.75 bits per heavy atom. The number of nitrogens with one attached hydrogen (secondary N) is 1. The Bertz CT molecular complexity index is 1200. The van der Waals surface area contributed by atoms with Crippen LogP contribution >= 0.6 is 0 Å². The standard InChI is InChI=1S/C21H18N4O3/c1-28-20(26)8-14-3-2-4-15(7-14)13-25-21(27)19-9-16(18-10-22-23-11-18)5-6-17(19)12-24-25/h2-7,9-12H,8,13H2,1H3,(H,22,23). The van der Waals surface area contributed by atoms with E-state index in [4.69, 9.17) is 4.74 Å². The lowest BCUT2D eigenvalue weighted by Crippen LogP contribution is -2.23. The molecule has 0 aliphatic heterocycles. The highest BCUT2D eigenvalue weighted by molar-refractivity contribution is 5.85. The minimum atomic E-state index is -0.301. The van der Waals surface area contributed by atoms with E-state index in [1.54, 1.807) is 18.6 Å². The number of ether oxygens (including phenoxy) is 1. The number of carbonyl (C=O) groups is 1. The van der Waals surface area contributed by atoms with Crippen molar-refractivity contribution in [1.29, 1.82) is 0 Å². The first-order chi connectivity index (χ1) is 13.6. The van der Waals surface area contributed by atoms with Crippen LogP contribution in [0.2, 0.25) is 0 Å². The Morgan fingerprint density at radius 2 is 1.96 bits per heavy atom. The molecule has 0 unspecified atom stereocenters. The second-order valence-corrected chi connectivity index (χ2v) is 6.47. The first-order valence-electron chi connectivity index (χ1n) is 8.78. The van der Waals surface area contributed by atoms with Crippen LogP contribution in [0.1, 0.15) is 11.1 Å². The van der Waals surface area contributed by atoms with Gasteiger partial charge >= 0.3 is 5.97 Å². The Labute approximate surface area is 160 Å². The quantitative estimate of drug-likeness (QED) is 0.542. The van der Waals surface area contributed by atoms with Gasteiger partial charge in [-0.2, -0.15) is 10.2 Å². The topological polar surface area (TPSA) is 89.9 Å². The molecule has 7 nitrogen and oxygen atoms in total. The number of esters is 1. The number of carbonyl (C=O) groups excluding carboxylic acids is 1. The van der Waals surface area contributed by atoms with E-state index in [9.17, 15) is 9.59 Å². The van der Waals surface area contributed by atoms with Gasteiger partial charge in [-0.3, -0.25) is 14.7 Å². The van der Waals surface area contributed by atoms with Crippen molar-refractivity contribution in [1.82, 2.24) is 20.0 Å². The average Bonchev–Trinajstić information content (AvgIpc) is 3.25. The summed E-state index contributed by atoms with van der Waals surface area (Å²) >= 11 is 0. The molecule has 1 N–H and O–H groups in total. The zero-order valence-corrected chi connectivity index (χ0v) is 15.3. The Balaban J connectivity index is 1.68. The number of hydrogen-bond donors (Lipinski definition) is 1. The number of aromatic nitrogens is 4. The lowest BCUT2D eigenvalue weighted by Gasteiger charge is -2.08. The lowest BCUT2D eigenvalue weighted by atomic mass is 10.1. The molecule has 0 radical (unpaired) electrons. The summed E-state index contributed by atoms with van der Waals surface area (Å²) in [7, 11) is 1.36. The molecule has 4 rings (SSSR count). The van der Waals surface area contributed by atoms with Crippen molar-refractivity contribution in [3.63, 3.8) is 0 Å². The summed E-state index contributed by atoms with van der Waals surface area (Å²) in [5.74, 6) is -0.301. The minimum absolute atomic E-state index is 0.166. The summed E-state index contributed by atoms with van der Waals surface area (Å²) < 4.78 is 6.14. The fourth-order valence-corrected chi connectivity index (χ4v) is 3.13. The Hall–Kier alpha value is -3.74. The van der Waals surface area contributed by atoms with Gasteiger partial charge < -0.3 is 4.74 Å². The second kappa shape index (κ2) is 7.48. The number of hydrogen-bond acceptors (Lipinski definition) is 5. The highest BCUT2D eigenvalue weighted by Gasteiger charge is 2.09. The first kappa shape index (κ1) is 17.7. The van der Waals surface area contributed by atoms with Gasteiger partial charge in [0.2, 0.25) is 0 Å². The van der Waals surface area contributed by atoms with E-state index in [2.05, 4.69) is 15.3 Å². The molecule has 2 aromatic carbocycles. The van der Waals surface area contributed by atoms with E-state index in [1.807, 2.05) is 42.5 Å². The second-order valence-electron chi connectivity index (χ2n) is 6.47. The first-order valence-corrected chi connectivity index (χ1v) is 8.78. The zero-order valence-electron chi connectivity index (χ0n) is 15.3. The number of nitrogens with zero attached hydrogens (tertiary/aromatic N) is 3. The van der Waals surface area contributed by atoms with Gasteiger partial charge in [-0.25, -0.2) is 4.68 Å². The molecule has 0 saturated heterocycles. The summed E-state index contributed by atoms with van der Waals surface area (Å²) in [6.07, 6.45) is 5.38. The van der Waals surface area contributed by atoms with Crippen molar-refractivity contribution in [2.24, 2.45) is 0 Å². The molecule has 0 saturated carbocycles. The number of rotatable bonds is 5. The largest absolute Gasteiger partial charge is 0.469 e. The molecule has 0 bridgehead atoms. The maximum atomic E-state index is 13.0. The Morgan fingerprint density at radius 1 is 1.11 bits per heavy atom. The summed E-state index contributed by atoms with van der Waals surface area (Å²) in [4.78, 5) is 24.5. The maximum Gasteiger partial charge on any atom is 0.309 e. The van der Waals surface area contributed by atoms with Crippen LogP contribution < -0.4 is 5.56 Å². The van der Waals surface area contributed by atoms with Crippen molar-refractivity contribution in [3.05, 3.63) is 82.5 Å². The smallest absolute Gasteiger partial charge is 0.309 e. The average molecular weight is 374 g/mol.